The van der Waals surface area contributed by atoms with Crippen LogP contribution in [0.4, 0.5) is 5.69 Å². The maximum Gasteiger partial charge on any atom is 0.253 e. The van der Waals surface area contributed by atoms with Crippen molar-refractivity contribution in [2.75, 3.05) is 25.0 Å². The predicted molar refractivity (Wildman–Crippen MR) is 76.2 cm³/mol. The summed E-state index contributed by atoms with van der Waals surface area (Å²) in [5.41, 5.74) is 1.46. The van der Waals surface area contributed by atoms with Crippen molar-refractivity contribution in [2.24, 2.45) is 0 Å². The van der Waals surface area contributed by atoms with Crippen LogP contribution in [0.1, 0.15) is 30.6 Å². The number of anilines is 1. The fraction of sp³-hybridized carbons (Fsp3) is 0.429. The van der Waals surface area contributed by atoms with E-state index in [0.717, 1.165) is 18.7 Å². The van der Waals surface area contributed by atoms with Crippen LogP contribution < -0.4 is 16.0 Å². The van der Waals surface area contributed by atoms with Crippen molar-refractivity contribution >= 4 is 17.5 Å². The molecule has 0 aromatic heterocycles. The molecule has 1 rings (SSSR count). The van der Waals surface area contributed by atoms with E-state index in [9.17, 15) is 9.59 Å². The third kappa shape index (κ3) is 5.42. The van der Waals surface area contributed by atoms with Crippen molar-refractivity contribution in [3.8, 4) is 0 Å². The van der Waals surface area contributed by atoms with Crippen LogP contribution in [0.25, 0.3) is 0 Å². The highest BCUT2D eigenvalue weighted by Crippen LogP contribution is 2.14. The Kier molecular flexibility index (Phi) is 6.43. The molecule has 0 spiro atoms. The third-order valence-electron chi connectivity index (χ3n) is 2.52. The number of nitrogens with one attached hydrogen (secondary N) is 3. The highest BCUT2D eigenvalue weighted by atomic mass is 16.2. The zero-order valence-electron chi connectivity index (χ0n) is 11.5. The zero-order chi connectivity index (χ0) is 14.1. The Morgan fingerprint density at radius 1 is 1.05 bits per heavy atom. The third-order valence-corrected chi connectivity index (χ3v) is 2.52. The highest BCUT2D eigenvalue weighted by Gasteiger charge is 2.09. The largest absolute Gasteiger partial charge is 0.384 e. The van der Waals surface area contributed by atoms with Gasteiger partial charge >= 0.3 is 0 Å². The number of hydrogen-bond donors (Lipinski definition) is 3. The average molecular weight is 263 g/mol. The summed E-state index contributed by atoms with van der Waals surface area (Å²) in [6.07, 6.45) is 0.998. The minimum Gasteiger partial charge on any atom is -0.384 e. The standard InChI is InChI=1S/C14H21N3O2/c1-3-8-16-13-7-5-4-6-12(13)14(19)17-10-9-15-11(2)18/h4-7,16H,3,8-10H2,1-2H3,(H,15,18)(H,17,19). The SMILES string of the molecule is CCCNc1ccccc1C(=O)NCCNC(C)=O. The van der Waals surface area contributed by atoms with Crippen molar-refractivity contribution in [1.82, 2.24) is 10.6 Å². The van der Waals surface area contributed by atoms with Crippen LogP contribution in [-0.2, 0) is 4.79 Å². The molecule has 0 aliphatic rings. The molecular weight excluding hydrogens is 242 g/mol. The summed E-state index contributed by atoms with van der Waals surface area (Å²) in [7, 11) is 0. The molecule has 0 unspecified atom stereocenters. The number of benzene rings is 1. The number of para-hydroxylation sites is 1. The number of amides is 2. The van der Waals surface area contributed by atoms with Gasteiger partial charge in [-0.15, -0.1) is 0 Å². The van der Waals surface area contributed by atoms with Crippen molar-refractivity contribution in [3.05, 3.63) is 29.8 Å². The maximum absolute atomic E-state index is 12.0. The van der Waals surface area contributed by atoms with E-state index in [1.54, 1.807) is 6.07 Å². The second kappa shape index (κ2) is 8.13. The second-order valence-electron chi connectivity index (χ2n) is 4.21. The van der Waals surface area contributed by atoms with Crippen molar-refractivity contribution in [1.29, 1.82) is 0 Å². The molecule has 0 bridgehead atoms. The Balaban J connectivity index is 2.53. The molecular formula is C14H21N3O2. The molecule has 0 heterocycles. The van der Waals surface area contributed by atoms with E-state index in [1.165, 1.54) is 6.92 Å². The van der Waals surface area contributed by atoms with Crippen LogP contribution in [-0.4, -0.2) is 31.4 Å². The summed E-state index contributed by atoms with van der Waals surface area (Å²) >= 11 is 0. The minimum atomic E-state index is -0.135. The van der Waals surface area contributed by atoms with Crippen LogP contribution in [0.2, 0.25) is 0 Å². The second-order valence-corrected chi connectivity index (χ2v) is 4.21. The first-order chi connectivity index (χ1) is 9.15. The van der Waals surface area contributed by atoms with E-state index in [4.69, 9.17) is 0 Å². The topological polar surface area (TPSA) is 70.2 Å². The molecule has 1 aromatic rings. The Labute approximate surface area is 113 Å². The highest BCUT2D eigenvalue weighted by molar-refractivity contribution is 5.99. The molecule has 2 amide bonds. The van der Waals surface area contributed by atoms with Gasteiger partial charge in [0.1, 0.15) is 0 Å². The molecule has 0 atom stereocenters. The quantitative estimate of drug-likeness (QED) is 0.651. The van der Waals surface area contributed by atoms with E-state index < -0.39 is 0 Å². The minimum absolute atomic E-state index is 0.0979. The number of carbonyl (C=O) groups excluding carboxylic acids is 2. The van der Waals surface area contributed by atoms with Gasteiger partial charge in [-0.25, -0.2) is 0 Å². The molecule has 0 radical (unpaired) electrons. The lowest BCUT2D eigenvalue weighted by Gasteiger charge is -2.11. The van der Waals surface area contributed by atoms with Crippen LogP contribution in [0.3, 0.4) is 0 Å². The molecule has 3 N–H and O–H groups in total. The van der Waals surface area contributed by atoms with Crippen LogP contribution in [0.15, 0.2) is 24.3 Å². The molecule has 0 aliphatic heterocycles. The lowest BCUT2D eigenvalue weighted by Crippen LogP contribution is -2.33. The molecule has 0 saturated heterocycles. The van der Waals surface area contributed by atoms with Crippen LogP contribution in [0, 0.1) is 0 Å². The number of hydrogen-bond acceptors (Lipinski definition) is 3. The first kappa shape index (κ1) is 15.0. The Morgan fingerprint density at radius 2 is 1.74 bits per heavy atom. The average Bonchev–Trinajstić information content (AvgIpc) is 2.41. The van der Waals surface area contributed by atoms with Gasteiger partial charge in [-0.1, -0.05) is 19.1 Å². The van der Waals surface area contributed by atoms with E-state index in [2.05, 4.69) is 22.9 Å². The zero-order valence-corrected chi connectivity index (χ0v) is 11.5. The summed E-state index contributed by atoms with van der Waals surface area (Å²) in [5, 5.41) is 8.63. The fourth-order valence-electron chi connectivity index (χ4n) is 1.60. The Hall–Kier alpha value is -2.04. The van der Waals surface area contributed by atoms with E-state index in [-0.39, 0.29) is 11.8 Å². The molecule has 0 saturated carbocycles. The molecule has 0 aliphatic carbocycles. The van der Waals surface area contributed by atoms with Crippen molar-refractivity contribution in [3.63, 3.8) is 0 Å². The van der Waals surface area contributed by atoms with E-state index in [0.29, 0.717) is 18.7 Å². The van der Waals surface area contributed by atoms with Gasteiger partial charge in [0, 0.05) is 32.2 Å². The van der Waals surface area contributed by atoms with Gasteiger partial charge in [-0.05, 0) is 18.6 Å². The summed E-state index contributed by atoms with van der Waals surface area (Å²) in [6, 6.07) is 7.40. The van der Waals surface area contributed by atoms with E-state index in [1.807, 2.05) is 18.2 Å². The molecule has 5 heteroatoms. The number of carbonyl (C=O) groups is 2. The van der Waals surface area contributed by atoms with Gasteiger partial charge in [-0.3, -0.25) is 9.59 Å². The summed E-state index contributed by atoms with van der Waals surface area (Å²) in [5.74, 6) is -0.233. The smallest absolute Gasteiger partial charge is 0.253 e. The molecule has 5 nitrogen and oxygen atoms in total. The lowest BCUT2D eigenvalue weighted by molar-refractivity contribution is -0.118. The van der Waals surface area contributed by atoms with Crippen molar-refractivity contribution < 1.29 is 9.59 Å². The Morgan fingerprint density at radius 3 is 2.42 bits per heavy atom. The first-order valence-corrected chi connectivity index (χ1v) is 6.50. The van der Waals surface area contributed by atoms with Crippen LogP contribution >= 0.6 is 0 Å². The summed E-state index contributed by atoms with van der Waals surface area (Å²) < 4.78 is 0. The van der Waals surface area contributed by atoms with Gasteiger partial charge in [0.15, 0.2) is 0 Å². The van der Waals surface area contributed by atoms with Crippen molar-refractivity contribution in [2.45, 2.75) is 20.3 Å². The normalized spacial score (nSPS) is 9.79. The van der Waals surface area contributed by atoms with Gasteiger partial charge in [0.2, 0.25) is 5.91 Å². The molecule has 19 heavy (non-hydrogen) atoms. The van der Waals surface area contributed by atoms with E-state index >= 15 is 0 Å². The molecule has 104 valence electrons. The Bertz CT molecular complexity index is 432. The number of rotatable bonds is 7. The summed E-state index contributed by atoms with van der Waals surface area (Å²) in [6.45, 7) is 5.21. The lowest BCUT2D eigenvalue weighted by atomic mass is 10.1. The monoisotopic (exact) mass is 263 g/mol. The van der Waals surface area contributed by atoms with Gasteiger partial charge in [-0.2, -0.15) is 0 Å². The first-order valence-electron chi connectivity index (χ1n) is 6.50. The van der Waals surface area contributed by atoms with Crippen LogP contribution in [0.5, 0.6) is 0 Å². The summed E-state index contributed by atoms with van der Waals surface area (Å²) in [4.78, 5) is 22.7. The van der Waals surface area contributed by atoms with Gasteiger partial charge in [0.05, 0.1) is 5.56 Å². The predicted octanol–water partition coefficient (Wildman–Crippen LogP) is 1.37. The fourth-order valence-corrected chi connectivity index (χ4v) is 1.60. The molecule has 0 fully saturated rings. The maximum atomic E-state index is 12.0. The van der Waals surface area contributed by atoms with Gasteiger partial charge in [0.25, 0.3) is 5.91 Å². The van der Waals surface area contributed by atoms with Gasteiger partial charge < -0.3 is 16.0 Å². The molecule has 1 aromatic carbocycles.